The first kappa shape index (κ1) is 20.4. The normalized spacial score (nSPS) is 13.1. The van der Waals surface area contributed by atoms with Crippen molar-refractivity contribution in [2.75, 3.05) is 39.1 Å². The summed E-state index contributed by atoms with van der Waals surface area (Å²) in [5.74, 6) is 0.972. The molecule has 0 N–H and O–H groups in total. The van der Waals surface area contributed by atoms with E-state index in [9.17, 15) is 0 Å². The third-order valence-corrected chi connectivity index (χ3v) is 5.49. The lowest BCUT2D eigenvalue weighted by molar-refractivity contribution is 0.401. The van der Waals surface area contributed by atoms with Crippen LogP contribution in [0.1, 0.15) is 28.8 Å². The predicted molar refractivity (Wildman–Crippen MR) is 122 cm³/mol. The number of halogens is 1. The van der Waals surface area contributed by atoms with Crippen molar-refractivity contribution in [3.8, 4) is 0 Å². The molecule has 0 saturated heterocycles. The van der Waals surface area contributed by atoms with Crippen LogP contribution in [0.5, 0.6) is 0 Å². The third-order valence-electron chi connectivity index (χ3n) is 5.29. The molecule has 154 valence electrons. The van der Waals surface area contributed by atoms with Gasteiger partial charge in [-0.25, -0.2) is 15.0 Å². The van der Waals surface area contributed by atoms with Crippen LogP contribution in [0.2, 0.25) is 5.02 Å². The van der Waals surface area contributed by atoms with Gasteiger partial charge in [-0.1, -0.05) is 11.6 Å². The summed E-state index contributed by atoms with van der Waals surface area (Å²) in [6.07, 6.45) is 10.7. The maximum atomic E-state index is 6.25. The average Bonchev–Trinajstić information content (AvgIpc) is 3.12. The Kier molecular flexibility index (Phi) is 6.06. The van der Waals surface area contributed by atoms with E-state index >= 15 is 0 Å². The molecular weight excluding hydrogens is 396 g/mol. The van der Waals surface area contributed by atoms with Gasteiger partial charge < -0.3 is 9.80 Å². The smallest absolute Gasteiger partial charge is 0.128 e. The number of aromatic nitrogens is 4. The molecule has 0 fully saturated rings. The van der Waals surface area contributed by atoms with Gasteiger partial charge in [0.05, 0.1) is 10.7 Å². The van der Waals surface area contributed by atoms with Gasteiger partial charge in [0, 0.05) is 55.9 Å². The van der Waals surface area contributed by atoms with Crippen molar-refractivity contribution in [1.82, 2.24) is 24.8 Å². The molecule has 0 radical (unpaired) electrons. The molecular formula is C23H25ClN6. The number of fused-ring (bicyclic) bond motifs is 1. The zero-order chi connectivity index (χ0) is 21.1. The average molecular weight is 421 g/mol. The molecule has 0 amide bonds. The molecule has 3 aromatic heterocycles. The van der Waals surface area contributed by atoms with E-state index in [1.54, 1.807) is 6.20 Å². The van der Waals surface area contributed by atoms with Gasteiger partial charge in [-0.15, -0.1) is 0 Å². The Bertz CT molecular complexity index is 1050. The Labute approximate surface area is 182 Å². The zero-order valence-electron chi connectivity index (χ0n) is 17.5. The lowest BCUT2D eigenvalue weighted by atomic mass is 9.97. The highest BCUT2D eigenvalue weighted by molar-refractivity contribution is 6.30. The van der Waals surface area contributed by atoms with E-state index in [0.29, 0.717) is 5.02 Å². The lowest BCUT2D eigenvalue weighted by Gasteiger charge is -2.19. The first-order valence-corrected chi connectivity index (χ1v) is 10.4. The van der Waals surface area contributed by atoms with E-state index in [-0.39, 0.29) is 0 Å². The molecule has 3 aromatic rings. The van der Waals surface area contributed by atoms with E-state index in [1.807, 2.05) is 24.7 Å². The van der Waals surface area contributed by atoms with Crippen LogP contribution in [0.25, 0.3) is 11.1 Å². The summed E-state index contributed by atoms with van der Waals surface area (Å²) in [7, 11) is 6.27. The topological polar surface area (TPSA) is 58.0 Å². The molecule has 0 atom stereocenters. The fourth-order valence-corrected chi connectivity index (χ4v) is 3.93. The van der Waals surface area contributed by atoms with Crippen molar-refractivity contribution in [3.63, 3.8) is 0 Å². The van der Waals surface area contributed by atoms with Crippen LogP contribution in [0.15, 0.2) is 49.3 Å². The van der Waals surface area contributed by atoms with Crippen molar-refractivity contribution in [1.29, 1.82) is 0 Å². The lowest BCUT2D eigenvalue weighted by Crippen LogP contribution is -2.23. The van der Waals surface area contributed by atoms with Crippen LogP contribution in [0.3, 0.4) is 0 Å². The number of hydrogen-bond donors (Lipinski definition) is 0. The second-order valence-corrected chi connectivity index (χ2v) is 8.23. The third kappa shape index (κ3) is 4.35. The molecule has 1 aliphatic carbocycles. The molecule has 0 spiro atoms. The molecule has 30 heavy (non-hydrogen) atoms. The molecule has 4 rings (SSSR count). The second kappa shape index (κ2) is 8.90. The Hall–Kier alpha value is -2.83. The van der Waals surface area contributed by atoms with Crippen LogP contribution in [-0.2, 0) is 6.42 Å². The standard InChI is InChI=1S/C23H25ClN6/c1-29(2)7-4-8-30(3)22-6-5-16(13-28-22)19-10-21-20(9-18(24)14-27-21)23(19)17-11-25-15-26-12-17/h5-6,9,11-15H,4,7-8,10H2,1-3H3. The van der Waals surface area contributed by atoms with Crippen molar-refractivity contribution in [2.45, 2.75) is 12.8 Å². The van der Waals surface area contributed by atoms with Gasteiger partial charge in [0.1, 0.15) is 12.1 Å². The van der Waals surface area contributed by atoms with E-state index in [1.165, 1.54) is 11.9 Å². The van der Waals surface area contributed by atoms with Crippen LogP contribution in [0, 0.1) is 0 Å². The number of anilines is 1. The maximum Gasteiger partial charge on any atom is 0.128 e. The fraction of sp³-hybridized carbons (Fsp3) is 0.304. The van der Waals surface area contributed by atoms with Gasteiger partial charge in [-0.05, 0) is 62.0 Å². The molecule has 6 nitrogen and oxygen atoms in total. The summed E-state index contributed by atoms with van der Waals surface area (Å²) in [6.45, 7) is 2.03. The quantitative estimate of drug-likeness (QED) is 0.579. The highest BCUT2D eigenvalue weighted by Crippen LogP contribution is 2.41. The number of hydrogen-bond acceptors (Lipinski definition) is 6. The largest absolute Gasteiger partial charge is 0.360 e. The monoisotopic (exact) mass is 420 g/mol. The molecule has 0 aromatic carbocycles. The first-order valence-electron chi connectivity index (χ1n) is 9.98. The summed E-state index contributed by atoms with van der Waals surface area (Å²) < 4.78 is 0. The van der Waals surface area contributed by atoms with Gasteiger partial charge in [0.2, 0.25) is 0 Å². The van der Waals surface area contributed by atoms with Gasteiger partial charge in [0.25, 0.3) is 0 Å². The van der Waals surface area contributed by atoms with Crippen molar-refractivity contribution in [3.05, 3.63) is 76.7 Å². The summed E-state index contributed by atoms with van der Waals surface area (Å²) in [5, 5.41) is 0.622. The van der Waals surface area contributed by atoms with E-state index in [0.717, 1.165) is 59.7 Å². The Morgan fingerprint density at radius 3 is 2.43 bits per heavy atom. The van der Waals surface area contributed by atoms with Crippen LogP contribution in [-0.4, -0.2) is 59.1 Å². The van der Waals surface area contributed by atoms with E-state index < -0.39 is 0 Å². The highest BCUT2D eigenvalue weighted by atomic mass is 35.5. The van der Waals surface area contributed by atoms with Crippen LogP contribution in [0.4, 0.5) is 5.82 Å². The SMILES string of the molecule is CN(C)CCCN(C)c1ccc(C2=C(c3cncnc3)c3cc(Cl)cnc3C2)cn1. The van der Waals surface area contributed by atoms with E-state index in [4.69, 9.17) is 16.6 Å². The van der Waals surface area contributed by atoms with E-state index in [2.05, 4.69) is 58.0 Å². The molecule has 1 aliphatic rings. The number of allylic oxidation sites excluding steroid dienone is 1. The molecule has 0 bridgehead atoms. The molecule has 0 saturated carbocycles. The number of pyridine rings is 2. The maximum absolute atomic E-state index is 6.25. The van der Waals surface area contributed by atoms with Crippen molar-refractivity contribution < 1.29 is 0 Å². The van der Waals surface area contributed by atoms with Gasteiger partial charge in [-0.3, -0.25) is 4.98 Å². The second-order valence-electron chi connectivity index (χ2n) is 7.79. The summed E-state index contributed by atoms with van der Waals surface area (Å²) >= 11 is 6.25. The van der Waals surface area contributed by atoms with Gasteiger partial charge >= 0.3 is 0 Å². The first-order chi connectivity index (χ1) is 14.5. The summed E-state index contributed by atoms with van der Waals surface area (Å²) in [4.78, 5) is 22.1. The Morgan fingerprint density at radius 2 is 1.73 bits per heavy atom. The molecule has 0 aliphatic heterocycles. The summed E-state index contributed by atoms with van der Waals surface area (Å²) in [6, 6.07) is 6.19. The minimum Gasteiger partial charge on any atom is -0.360 e. The molecule has 3 heterocycles. The minimum absolute atomic E-state index is 0.622. The van der Waals surface area contributed by atoms with Crippen LogP contribution < -0.4 is 4.90 Å². The highest BCUT2D eigenvalue weighted by Gasteiger charge is 2.26. The summed E-state index contributed by atoms with van der Waals surface area (Å²) in [5.41, 5.74) is 6.34. The fourth-order valence-electron chi connectivity index (χ4n) is 3.78. The Morgan fingerprint density at radius 1 is 0.933 bits per heavy atom. The molecule has 7 heteroatoms. The number of rotatable bonds is 7. The molecule has 0 unspecified atom stereocenters. The van der Waals surface area contributed by atoms with Crippen molar-refractivity contribution >= 4 is 28.6 Å². The van der Waals surface area contributed by atoms with Gasteiger partial charge in [-0.2, -0.15) is 0 Å². The minimum atomic E-state index is 0.622. The zero-order valence-corrected chi connectivity index (χ0v) is 18.3. The predicted octanol–water partition coefficient (Wildman–Crippen LogP) is 3.82. The van der Waals surface area contributed by atoms with Gasteiger partial charge in [0.15, 0.2) is 0 Å². The van der Waals surface area contributed by atoms with Crippen LogP contribution >= 0.6 is 11.6 Å². The van der Waals surface area contributed by atoms with Crippen molar-refractivity contribution in [2.24, 2.45) is 0 Å². The Balaban J connectivity index is 1.65. The number of nitrogens with zero attached hydrogens (tertiary/aromatic N) is 6.